The van der Waals surface area contributed by atoms with Crippen molar-refractivity contribution in [1.82, 2.24) is 9.55 Å². The lowest BCUT2D eigenvalue weighted by molar-refractivity contribution is 0.102. The molecule has 1 aromatic heterocycles. The minimum atomic E-state index is -0.410. The fourth-order valence-electron chi connectivity index (χ4n) is 3.66. The Morgan fingerprint density at radius 2 is 1.93 bits per heavy atom. The van der Waals surface area contributed by atoms with Crippen molar-refractivity contribution in [2.45, 2.75) is 45.6 Å². The van der Waals surface area contributed by atoms with Crippen molar-refractivity contribution < 1.29 is 9.18 Å². The highest BCUT2D eigenvalue weighted by Crippen LogP contribution is 2.19. The van der Waals surface area contributed by atoms with E-state index in [4.69, 9.17) is 0 Å². The molecule has 2 heterocycles. The van der Waals surface area contributed by atoms with Crippen LogP contribution < -0.4 is 10.9 Å². The first-order valence-corrected chi connectivity index (χ1v) is 9.64. The monoisotopic (exact) mass is 379 g/mol. The SMILES string of the molecule is Cc1ccc(F)cc1NC(=O)c1ccc2c(=O)n3c(nc2c1)CCCCCC3. The lowest BCUT2D eigenvalue weighted by atomic mass is 10.1. The number of amides is 1. The van der Waals surface area contributed by atoms with Crippen LogP contribution in [0.1, 0.15) is 47.4 Å². The van der Waals surface area contributed by atoms with Gasteiger partial charge in [-0.15, -0.1) is 0 Å². The molecule has 0 fully saturated rings. The van der Waals surface area contributed by atoms with Crippen LogP contribution in [-0.4, -0.2) is 15.5 Å². The molecule has 0 saturated carbocycles. The van der Waals surface area contributed by atoms with Gasteiger partial charge in [-0.3, -0.25) is 14.2 Å². The van der Waals surface area contributed by atoms with Crippen LogP contribution in [0.5, 0.6) is 0 Å². The van der Waals surface area contributed by atoms with Crippen molar-refractivity contribution in [1.29, 1.82) is 0 Å². The van der Waals surface area contributed by atoms with Gasteiger partial charge >= 0.3 is 0 Å². The maximum atomic E-state index is 13.5. The first kappa shape index (κ1) is 18.3. The molecule has 0 bridgehead atoms. The second-order valence-corrected chi connectivity index (χ2v) is 7.29. The smallest absolute Gasteiger partial charge is 0.261 e. The van der Waals surface area contributed by atoms with Crippen LogP contribution in [0.25, 0.3) is 10.9 Å². The number of anilines is 1. The van der Waals surface area contributed by atoms with Crippen molar-refractivity contribution in [3.05, 3.63) is 69.5 Å². The van der Waals surface area contributed by atoms with Crippen molar-refractivity contribution in [3.8, 4) is 0 Å². The van der Waals surface area contributed by atoms with Crippen LogP contribution in [0.2, 0.25) is 0 Å². The molecular weight excluding hydrogens is 357 g/mol. The van der Waals surface area contributed by atoms with Gasteiger partial charge in [-0.1, -0.05) is 18.9 Å². The van der Waals surface area contributed by atoms with Crippen LogP contribution in [0.15, 0.2) is 41.2 Å². The molecule has 0 saturated heterocycles. The number of nitrogens with zero attached hydrogens (tertiary/aromatic N) is 2. The average molecular weight is 379 g/mol. The van der Waals surface area contributed by atoms with E-state index < -0.39 is 5.82 Å². The van der Waals surface area contributed by atoms with Crippen molar-refractivity contribution >= 4 is 22.5 Å². The number of aryl methyl sites for hydroxylation is 2. The van der Waals surface area contributed by atoms with E-state index in [1.54, 1.807) is 35.8 Å². The summed E-state index contributed by atoms with van der Waals surface area (Å²) in [6.07, 6.45) is 5.03. The zero-order chi connectivity index (χ0) is 19.7. The third-order valence-corrected chi connectivity index (χ3v) is 5.28. The Bertz CT molecular complexity index is 1120. The summed E-state index contributed by atoms with van der Waals surface area (Å²) in [5.74, 6) is 0.0210. The van der Waals surface area contributed by atoms with Crippen molar-refractivity contribution in [3.63, 3.8) is 0 Å². The minimum Gasteiger partial charge on any atom is -0.322 e. The molecule has 0 unspecified atom stereocenters. The van der Waals surface area contributed by atoms with E-state index in [-0.39, 0.29) is 11.5 Å². The molecule has 5 nitrogen and oxygen atoms in total. The van der Waals surface area contributed by atoms with Gasteiger partial charge in [0, 0.05) is 24.2 Å². The standard InChI is InChI=1S/C22H22FN3O2/c1-14-7-9-16(23)13-18(14)25-21(27)15-8-10-17-19(12-15)24-20-6-4-2-3-5-11-26(20)22(17)28/h7-10,12-13H,2-6,11H2,1H3,(H,25,27). The summed E-state index contributed by atoms with van der Waals surface area (Å²) in [6, 6.07) is 9.18. The van der Waals surface area contributed by atoms with Crippen LogP contribution in [-0.2, 0) is 13.0 Å². The Morgan fingerprint density at radius 3 is 2.79 bits per heavy atom. The van der Waals surface area contributed by atoms with E-state index in [2.05, 4.69) is 10.3 Å². The van der Waals surface area contributed by atoms with E-state index >= 15 is 0 Å². The molecular formula is C22H22FN3O2. The van der Waals surface area contributed by atoms with E-state index in [9.17, 15) is 14.0 Å². The molecule has 6 heteroatoms. The number of nitrogens with one attached hydrogen (secondary N) is 1. The molecule has 1 amide bonds. The molecule has 1 aliphatic rings. The predicted octanol–water partition coefficient (Wildman–Crippen LogP) is 4.21. The molecule has 0 spiro atoms. The number of carbonyl (C=O) groups is 1. The highest BCUT2D eigenvalue weighted by Gasteiger charge is 2.15. The van der Waals surface area contributed by atoms with E-state index in [1.807, 2.05) is 0 Å². The molecule has 0 atom stereocenters. The minimum absolute atomic E-state index is 0.0465. The molecule has 1 aliphatic heterocycles. The average Bonchev–Trinajstić information content (AvgIpc) is 2.66. The molecule has 144 valence electrons. The molecule has 1 N–H and O–H groups in total. The third-order valence-electron chi connectivity index (χ3n) is 5.28. The van der Waals surface area contributed by atoms with Crippen LogP contribution in [0.3, 0.4) is 0 Å². The fourth-order valence-corrected chi connectivity index (χ4v) is 3.66. The van der Waals surface area contributed by atoms with Crippen LogP contribution >= 0.6 is 0 Å². The van der Waals surface area contributed by atoms with Gasteiger partial charge in [-0.05, 0) is 55.7 Å². The van der Waals surface area contributed by atoms with Gasteiger partial charge in [0.05, 0.1) is 10.9 Å². The lowest BCUT2D eigenvalue weighted by Gasteiger charge is -2.16. The van der Waals surface area contributed by atoms with Gasteiger partial charge in [0.2, 0.25) is 0 Å². The second-order valence-electron chi connectivity index (χ2n) is 7.29. The molecule has 0 radical (unpaired) electrons. The first-order valence-electron chi connectivity index (χ1n) is 9.64. The third kappa shape index (κ3) is 3.54. The Kier molecular flexibility index (Phi) is 4.94. The number of rotatable bonds is 2. The predicted molar refractivity (Wildman–Crippen MR) is 107 cm³/mol. The van der Waals surface area contributed by atoms with Gasteiger partial charge in [-0.2, -0.15) is 0 Å². The van der Waals surface area contributed by atoms with Crippen molar-refractivity contribution in [2.24, 2.45) is 0 Å². The number of aromatic nitrogens is 2. The van der Waals surface area contributed by atoms with Gasteiger partial charge < -0.3 is 5.32 Å². The summed E-state index contributed by atoms with van der Waals surface area (Å²) in [4.78, 5) is 30.2. The zero-order valence-corrected chi connectivity index (χ0v) is 15.8. The number of halogens is 1. The van der Waals surface area contributed by atoms with Crippen molar-refractivity contribution in [2.75, 3.05) is 5.32 Å². The lowest BCUT2D eigenvalue weighted by Crippen LogP contribution is -2.26. The Balaban J connectivity index is 1.71. The normalized spacial score (nSPS) is 14.2. The summed E-state index contributed by atoms with van der Waals surface area (Å²) in [7, 11) is 0. The largest absolute Gasteiger partial charge is 0.322 e. The van der Waals surface area contributed by atoms with Gasteiger partial charge in [0.15, 0.2) is 0 Å². The number of carbonyl (C=O) groups excluding carboxylic acids is 1. The first-order chi connectivity index (χ1) is 13.5. The zero-order valence-electron chi connectivity index (χ0n) is 15.8. The molecule has 28 heavy (non-hydrogen) atoms. The summed E-state index contributed by atoms with van der Waals surface area (Å²) in [5.41, 5.74) is 2.07. The topological polar surface area (TPSA) is 64.0 Å². The highest BCUT2D eigenvalue weighted by atomic mass is 19.1. The van der Waals surface area contributed by atoms with E-state index in [0.29, 0.717) is 28.7 Å². The molecule has 3 aromatic rings. The number of hydrogen-bond donors (Lipinski definition) is 1. The second kappa shape index (κ2) is 7.54. The molecule has 4 rings (SSSR count). The summed E-state index contributed by atoms with van der Waals surface area (Å²) >= 11 is 0. The van der Waals surface area contributed by atoms with Crippen LogP contribution in [0, 0.1) is 12.7 Å². The van der Waals surface area contributed by atoms with E-state index in [0.717, 1.165) is 43.5 Å². The quantitative estimate of drug-likeness (QED) is 0.725. The highest BCUT2D eigenvalue weighted by molar-refractivity contribution is 6.06. The maximum absolute atomic E-state index is 13.5. The Morgan fingerprint density at radius 1 is 1.11 bits per heavy atom. The number of fused-ring (bicyclic) bond motifs is 2. The summed E-state index contributed by atoms with van der Waals surface area (Å²) < 4.78 is 15.3. The van der Waals surface area contributed by atoms with Crippen LogP contribution in [0.4, 0.5) is 10.1 Å². The molecule has 2 aromatic carbocycles. The number of benzene rings is 2. The fraction of sp³-hybridized carbons (Fsp3) is 0.318. The summed E-state index contributed by atoms with van der Waals surface area (Å²) in [5, 5.41) is 3.25. The summed E-state index contributed by atoms with van der Waals surface area (Å²) in [6.45, 7) is 2.49. The maximum Gasteiger partial charge on any atom is 0.261 e. The van der Waals surface area contributed by atoms with E-state index in [1.165, 1.54) is 12.1 Å². The van der Waals surface area contributed by atoms with Gasteiger partial charge in [0.25, 0.3) is 11.5 Å². The number of hydrogen-bond acceptors (Lipinski definition) is 3. The Labute approximate surface area is 162 Å². The molecule has 0 aliphatic carbocycles. The van der Waals surface area contributed by atoms with Gasteiger partial charge in [0.1, 0.15) is 11.6 Å². The Hall–Kier alpha value is -3.02. The van der Waals surface area contributed by atoms with Gasteiger partial charge in [-0.25, -0.2) is 9.37 Å².